The molecule has 1 aliphatic heterocycles. The number of carboxylic acids is 1. The normalized spacial score (nSPS) is 15.7. The molecule has 0 spiro atoms. The van der Waals surface area contributed by atoms with Gasteiger partial charge in [-0.1, -0.05) is 117 Å². The van der Waals surface area contributed by atoms with Gasteiger partial charge in [-0.2, -0.15) is 13.2 Å². The van der Waals surface area contributed by atoms with Gasteiger partial charge in [0, 0.05) is 48.4 Å². The largest absolute Gasteiger partial charge is 0.490 e. The molecule has 1 heterocycles. The van der Waals surface area contributed by atoms with Crippen molar-refractivity contribution in [3.63, 3.8) is 0 Å². The Kier molecular flexibility index (Phi) is 18.7. The van der Waals surface area contributed by atoms with Crippen LogP contribution in [0, 0.1) is 5.92 Å². The molecule has 69 heavy (non-hydrogen) atoms. The predicted molar refractivity (Wildman–Crippen MR) is 249 cm³/mol. The molecule has 4 aromatic rings. The molecule has 0 unspecified atom stereocenters. The SMILES string of the molecule is CC[C@H](C)[C@H](NC(=O)[C@@H](N)Cc1ccccc1)C(=O)NCC(=O)N[C@@H](Cc1ccccc1)C(=O)N1CCC[C@@H]1C(=O)NCCCNc1cccc2c1C(=O)c1ccccc1C2=O.O=C(O)C(F)(F)F. The fraction of sp³-hybridized carbons (Fsp3) is 0.360. The van der Waals surface area contributed by atoms with Crippen LogP contribution in [0.2, 0.25) is 0 Å². The maximum Gasteiger partial charge on any atom is 0.490 e. The first kappa shape index (κ1) is 52.6. The quantitative estimate of drug-likeness (QED) is 0.0585. The number of hydrogen-bond acceptors (Lipinski definition) is 10. The number of anilines is 1. The topological polar surface area (TPSA) is 246 Å². The summed E-state index contributed by atoms with van der Waals surface area (Å²) in [5, 5.41) is 21.5. The van der Waals surface area contributed by atoms with E-state index in [1.54, 1.807) is 42.5 Å². The number of halogens is 3. The first-order chi connectivity index (χ1) is 32.9. The van der Waals surface area contributed by atoms with Crippen LogP contribution >= 0.6 is 0 Å². The minimum atomic E-state index is -5.08. The van der Waals surface area contributed by atoms with Crippen molar-refractivity contribution in [3.8, 4) is 0 Å². The highest BCUT2D eigenvalue weighted by Gasteiger charge is 2.39. The lowest BCUT2D eigenvalue weighted by Gasteiger charge is -2.29. The molecule has 0 aromatic heterocycles. The van der Waals surface area contributed by atoms with E-state index in [1.165, 1.54) is 4.90 Å². The number of carboxylic acid groups (broad SMARTS) is 1. The first-order valence-corrected chi connectivity index (χ1v) is 22.6. The standard InChI is InChI=1S/C48H55N7O7.C2HF3O2/c1-3-30(2)42(54-45(59)36(49)27-31-15-6-4-7-16-31)47(61)52-29-40(56)53-38(28-32-17-8-5-9-18-32)48(62)55-26-13-23-39(55)46(60)51-25-14-24-50-37-22-12-21-35-41(37)44(58)34-20-11-10-19-33(34)43(35)57;3-2(4,5)1(6)7/h4-12,15-22,30,36,38-39,42,50H,3,13-14,23-29,49H2,1-2H3,(H,51,60)(H,52,61)(H,53,56)(H,54,59);(H,6,7)/t30-,36-,38-,39+,42-;/m0./s1. The summed E-state index contributed by atoms with van der Waals surface area (Å²) >= 11 is 0. The number of benzene rings is 4. The van der Waals surface area contributed by atoms with E-state index in [0.717, 1.165) is 11.1 Å². The minimum Gasteiger partial charge on any atom is -0.475 e. The van der Waals surface area contributed by atoms with Crippen LogP contribution in [0.4, 0.5) is 18.9 Å². The van der Waals surface area contributed by atoms with Crippen LogP contribution in [0.25, 0.3) is 0 Å². The van der Waals surface area contributed by atoms with E-state index in [0.29, 0.717) is 73.1 Å². The molecule has 16 nitrogen and oxygen atoms in total. The van der Waals surface area contributed by atoms with Gasteiger partial charge in [-0.15, -0.1) is 0 Å². The van der Waals surface area contributed by atoms with Crippen LogP contribution in [-0.2, 0) is 41.6 Å². The van der Waals surface area contributed by atoms with Crippen molar-refractivity contribution >= 4 is 52.8 Å². The number of carbonyl (C=O) groups is 8. The monoisotopic (exact) mass is 955 g/mol. The Balaban J connectivity index is 0.00000118. The summed E-state index contributed by atoms with van der Waals surface area (Å²) in [6, 6.07) is 26.8. The summed E-state index contributed by atoms with van der Waals surface area (Å²) in [4.78, 5) is 105. The number of likely N-dealkylation sites (tertiary alicyclic amines) is 1. The zero-order valence-electron chi connectivity index (χ0n) is 38.1. The summed E-state index contributed by atoms with van der Waals surface area (Å²) in [6.07, 6.45) is -2.52. The molecule has 0 saturated carbocycles. The van der Waals surface area contributed by atoms with E-state index in [1.807, 2.05) is 74.5 Å². The lowest BCUT2D eigenvalue weighted by Crippen LogP contribution is -2.57. The Morgan fingerprint density at radius 3 is 1.94 bits per heavy atom. The molecule has 0 radical (unpaired) electrons. The van der Waals surface area contributed by atoms with E-state index >= 15 is 0 Å². The summed E-state index contributed by atoms with van der Waals surface area (Å²) in [5.41, 5.74) is 9.85. The van der Waals surface area contributed by atoms with Crippen molar-refractivity contribution in [1.82, 2.24) is 26.2 Å². The van der Waals surface area contributed by atoms with Gasteiger partial charge >= 0.3 is 12.1 Å². The van der Waals surface area contributed by atoms with Gasteiger partial charge in [-0.05, 0) is 48.8 Å². The number of nitrogens with two attached hydrogens (primary N) is 1. The summed E-state index contributed by atoms with van der Waals surface area (Å²) in [7, 11) is 0. The Labute approximate surface area is 397 Å². The lowest BCUT2D eigenvalue weighted by atomic mass is 9.83. The molecule has 2 aliphatic rings. The molecule has 19 heteroatoms. The van der Waals surface area contributed by atoms with Crippen LogP contribution < -0.4 is 32.3 Å². The summed E-state index contributed by atoms with van der Waals surface area (Å²) < 4.78 is 31.7. The van der Waals surface area contributed by atoms with Gasteiger partial charge in [0.15, 0.2) is 11.6 Å². The molecule has 6 rings (SSSR count). The van der Waals surface area contributed by atoms with Crippen molar-refractivity contribution in [1.29, 1.82) is 0 Å². The van der Waals surface area contributed by atoms with Crippen molar-refractivity contribution in [2.75, 3.05) is 31.5 Å². The third-order valence-corrected chi connectivity index (χ3v) is 11.8. The van der Waals surface area contributed by atoms with Crippen LogP contribution in [0.15, 0.2) is 103 Å². The molecular weight excluding hydrogens is 900 g/mol. The molecular formula is C50H56F3N7O9. The minimum absolute atomic E-state index is 0.156. The van der Waals surface area contributed by atoms with Gasteiger partial charge in [0.2, 0.25) is 29.5 Å². The van der Waals surface area contributed by atoms with Gasteiger partial charge in [-0.3, -0.25) is 33.6 Å². The lowest BCUT2D eigenvalue weighted by molar-refractivity contribution is -0.192. The number of rotatable bonds is 19. The average Bonchev–Trinajstić information content (AvgIpc) is 3.84. The molecule has 366 valence electrons. The Bertz CT molecular complexity index is 2490. The zero-order chi connectivity index (χ0) is 50.3. The van der Waals surface area contributed by atoms with Crippen molar-refractivity contribution < 1.29 is 56.6 Å². The second-order valence-electron chi connectivity index (χ2n) is 16.7. The van der Waals surface area contributed by atoms with Gasteiger partial charge < -0.3 is 42.3 Å². The van der Waals surface area contributed by atoms with Crippen molar-refractivity contribution in [2.45, 2.75) is 82.7 Å². The highest BCUT2D eigenvalue weighted by atomic mass is 19.4. The molecule has 5 atom stereocenters. The zero-order valence-corrected chi connectivity index (χ0v) is 38.1. The number of carbonyl (C=O) groups excluding carboxylic acids is 7. The molecule has 5 amide bonds. The number of aliphatic carboxylic acids is 1. The highest BCUT2D eigenvalue weighted by Crippen LogP contribution is 2.32. The van der Waals surface area contributed by atoms with Gasteiger partial charge in [-0.25, -0.2) is 4.79 Å². The van der Waals surface area contributed by atoms with E-state index < -0.39 is 66.5 Å². The van der Waals surface area contributed by atoms with E-state index in [2.05, 4.69) is 26.6 Å². The maximum atomic E-state index is 14.2. The summed E-state index contributed by atoms with van der Waals surface area (Å²) in [6.45, 7) is 4.29. The fourth-order valence-corrected chi connectivity index (χ4v) is 7.93. The third kappa shape index (κ3) is 14.3. The van der Waals surface area contributed by atoms with Gasteiger partial charge in [0.25, 0.3) is 0 Å². The number of ketones is 2. The number of fused-ring (bicyclic) bond motifs is 2. The number of hydrogen-bond donors (Lipinski definition) is 7. The molecule has 8 N–H and O–H groups in total. The molecule has 1 aliphatic carbocycles. The second kappa shape index (κ2) is 24.6. The Morgan fingerprint density at radius 1 is 0.754 bits per heavy atom. The Hall–Kier alpha value is -7.41. The maximum absolute atomic E-state index is 14.2. The van der Waals surface area contributed by atoms with Gasteiger partial charge in [0.05, 0.1) is 18.2 Å². The first-order valence-electron chi connectivity index (χ1n) is 22.6. The molecule has 4 aromatic carbocycles. The number of amides is 5. The van der Waals surface area contributed by atoms with Crippen LogP contribution in [0.1, 0.15) is 82.5 Å². The third-order valence-electron chi connectivity index (χ3n) is 11.8. The number of alkyl halides is 3. The fourth-order valence-electron chi connectivity index (χ4n) is 7.93. The molecule has 1 saturated heterocycles. The molecule has 0 bridgehead atoms. The number of nitrogens with one attached hydrogen (secondary N) is 5. The van der Waals surface area contributed by atoms with Gasteiger partial charge in [0.1, 0.15) is 18.1 Å². The average molecular weight is 956 g/mol. The van der Waals surface area contributed by atoms with Crippen LogP contribution in [0.3, 0.4) is 0 Å². The number of nitrogens with zero attached hydrogens (tertiary/aromatic N) is 1. The highest BCUT2D eigenvalue weighted by molar-refractivity contribution is 6.30. The molecule has 1 fully saturated rings. The Morgan fingerprint density at radius 2 is 1.33 bits per heavy atom. The van der Waals surface area contributed by atoms with E-state index in [9.17, 15) is 46.7 Å². The van der Waals surface area contributed by atoms with E-state index in [-0.39, 0.29) is 36.4 Å². The smallest absolute Gasteiger partial charge is 0.475 e. The predicted octanol–water partition coefficient (Wildman–Crippen LogP) is 3.95. The van der Waals surface area contributed by atoms with Crippen molar-refractivity contribution in [3.05, 3.63) is 137 Å². The van der Waals surface area contributed by atoms with Crippen molar-refractivity contribution in [2.24, 2.45) is 11.7 Å². The van der Waals surface area contributed by atoms with E-state index in [4.69, 9.17) is 15.6 Å². The van der Waals surface area contributed by atoms with Crippen LogP contribution in [0.5, 0.6) is 0 Å². The van der Waals surface area contributed by atoms with Crippen LogP contribution in [-0.4, -0.2) is 114 Å². The second-order valence-corrected chi connectivity index (χ2v) is 16.7. The summed E-state index contributed by atoms with van der Waals surface area (Å²) in [5.74, 6) is -5.82.